The van der Waals surface area contributed by atoms with Gasteiger partial charge in [0.25, 0.3) is 11.8 Å². The minimum absolute atomic E-state index is 0.0838. The van der Waals surface area contributed by atoms with Crippen LogP contribution in [0.3, 0.4) is 0 Å². The number of nitrogens with zero attached hydrogens (tertiary/aromatic N) is 3. The van der Waals surface area contributed by atoms with Crippen molar-refractivity contribution in [2.75, 3.05) is 13.1 Å². The normalized spacial score (nSPS) is 14.5. The molecule has 3 heterocycles. The predicted molar refractivity (Wildman–Crippen MR) is 110 cm³/mol. The molecule has 8 nitrogen and oxygen atoms in total. The van der Waals surface area contributed by atoms with Crippen LogP contribution in [0.25, 0.3) is 5.69 Å². The second-order valence-electron chi connectivity index (χ2n) is 7.30. The van der Waals surface area contributed by atoms with E-state index in [-0.39, 0.29) is 17.6 Å². The highest BCUT2D eigenvalue weighted by molar-refractivity contribution is 5.94. The number of amides is 2. The smallest absolute Gasteiger partial charge is 0.276 e. The molecule has 0 atom stereocenters. The van der Waals surface area contributed by atoms with E-state index in [1.165, 1.54) is 18.6 Å². The van der Waals surface area contributed by atoms with Crippen LogP contribution in [0.5, 0.6) is 0 Å². The van der Waals surface area contributed by atoms with Crippen molar-refractivity contribution < 1.29 is 14.0 Å². The molecule has 0 bridgehead atoms. The van der Waals surface area contributed by atoms with Crippen molar-refractivity contribution in [2.45, 2.75) is 25.8 Å². The Morgan fingerprint density at radius 1 is 1.13 bits per heavy atom. The zero-order valence-electron chi connectivity index (χ0n) is 16.6. The fraction of sp³-hybridized carbons (Fsp3) is 0.273. The highest BCUT2D eigenvalue weighted by Crippen LogP contribution is 2.15. The first-order valence-corrected chi connectivity index (χ1v) is 9.81. The monoisotopic (exact) mass is 406 g/mol. The molecule has 1 aromatic carbocycles. The Morgan fingerprint density at radius 3 is 2.53 bits per heavy atom. The number of hydrogen-bond donors (Lipinski definition) is 1. The zero-order chi connectivity index (χ0) is 21.1. The first-order chi connectivity index (χ1) is 14.5. The van der Waals surface area contributed by atoms with Crippen molar-refractivity contribution >= 4 is 11.8 Å². The fourth-order valence-corrected chi connectivity index (χ4v) is 3.58. The van der Waals surface area contributed by atoms with Crippen LogP contribution in [0.15, 0.2) is 64.2 Å². The summed E-state index contributed by atoms with van der Waals surface area (Å²) in [5.74, 6) is -0.580. The number of aromatic nitrogens is 2. The lowest BCUT2D eigenvalue weighted by atomic mass is 10.0. The zero-order valence-corrected chi connectivity index (χ0v) is 16.6. The molecule has 4 rings (SSSR count). The van der Waals surface area contributed by atoms with E-state index >= 15 is 0 Å². The van der Waals surface area contributed by atoms with Crippen LogP contribution in [-0.2, 0) is 0 Å². The Kier molecular flexibility index (Phi) is 5.47. The molecule has 1 fully saturated rings. The largest absolute Gasteiger partial charge is 0.472 e. The molecule has 154 valence electrons. The topological polar surface area (TPSA) is 97.4 Å². The Labute approximate surface area is 173 Å². The molecule has 1 N–H and O–H groups in total. The summed E-state index contributed by atoms with van der Waals surface area (Å²) in [4.78, 5) is 39.3. The summed E-state index contributed by atoms with van der Waals surface area (Å²) in [5.41, 5.74) is 1.39. The number of furan rings is 1. The maximum Gasteiger partial charge on any atom is 0.276 e. The maximum absolute atomic E-state index is 12.8. The molecule has 8 heteroatoms. The average molecular weight is 406 g/mol. The van der Waals surface area contributed by atoms with Crippen molar-refractivity contribution in [3.8, 4) is 5.69 Å². The lowest BCUT2D eigenvalue weighted by Gasteiger charge is -2.32. The van der Waals surface area contributed by atoms with Crippen molar-refractivity contribution in [1.29, 1.82) is 0 Å². The molecule has 1 saturated heterocycles. The van der Waals surface area contributed by atoms with Gasteiger partial charge in [0.2, 0.25) is 5.43 Å². The van der Waals surface area contributed by atoms with Crippen LogP contribution in [0.2, 0.25) is 0 Å². The number of aryl methyl sites for hydroxylation is 1. The Hall–Kier alpha value is -3.68. The molecule has 30 heavy (non-hydrogen) atoms. The van der Waals surface area contributed by atoms with Crippen LogP contribution < -0.4 is 10.7 Å². The number of hydrogen-bond acceptors (Lipinski definition) is 5. The third-order valence-corrected chi connectivity index (χ3v) is 5.21. The fourth-order valence-electron chi connectivity index (χ4n) is 3.58. The van der Waals surface area contributed by atoms with Gasteiger partial charge in [0.05, 0.1) is 17.5 Å². The molecule has 1 aliphatic rings. The summed E-state index contributed by atoms with van der Waals surface area (Å²) in [5, 5.41) is 7.20. The third-order valence-electron chi connectivity index (χ3n) is 5.21. The summed E-state index contributed by atoms with van der Waals surface area (Å²) in [6, 6.07) is 12.3. The predicted octanol–water partition coefficient (Wildman–Crippen LogP) is 2.17. The summed E-state index contributed by atoms with van der Waals surface area (Å²) < 4.78 is 6.55. The van der Waals surface area contributed by atoms with Crippen molar-refractivity contribution in [3.63, 3.8) is 0 Å². The van der Waals surface area contributed by atoms with E-state index in [0.29, 0.717) is 37.2 Å². The quantitative estimate of drug-likeness (QED) is 0.716. The number of rotatable bonds is 4. The van der Waals surface area contributed by atoms with Gasteiger partial charge in [-0.3, -0.25) is 14.4 Å². The Morgan fingerprint density at radius 2 is 1.87 bits per heavy atom. The number of carbonyl (C=O) groups excluding carboxylic acids is 2. The third kappa shape index (κ3) is 4.03. The number of likely N-dealkylation sites (tertiary alicyclic amines) is 1. The molecule has 0 aliphatic carbocycles. The second-order valence-corrected chi connectivity index (χ2v) is 7.30. The van der Waals surface area contributed by atoms with Crippen molar-refractivity contribution in [1.82, 2.24) is 20.0 Å². The van der Waals surface area contributed by atoms with Gasteiger partial charge in [-0.2, -0.15) is 5.10 Å². The molecule has 0 saturated carbocycles. The molecule has 2 amide bonds. The first kappa shape index (κ1) is 19.6. The van der Waals surface area contributed by atoms with E-state index < -0.39 is 11.3 Å². The van der Waals surface area contributed by atoms with E-state index in [4.69, 9.17) is 4.42 Å². The molecular formula is C22H22N4O4. The summed E-state index contributed by atoms with van der Waals surface area (Å²) in [6.45, 7) is 2.81. The van der Waals surface area contributed by atoms with E-state index in [0.717, 1.165) is 5.69 Å². The van der Waals surface area contributed by atoms with Crippen LogP contribution in [-0.4, -0.2) is 45.6 Å². The first-order valence-electron chi connectivity index (χ1n) is 9.81. The van der Waals surface area contributed by atoms with Gasteiger partial charge in [0.15, 0.2) is 5.69 Å². The Balaban J connectivity index is 1.44. The van der Waals surface area contributed by atoms with Gasteiger partial charge in [0, 0.05) is 30.9 Å². The van der Waals surface area contributed by atoms with Gasteiger partial charge >= 0.3 is 0 Å². The lowest BCUT2D eigenvalue weighted by Crippen LogP contribution is -2.47. The highest BCUT2D eigenvalue weighted by atomic mass is 16.3. The molecule has 0 spiro atoms. The van der Waals surface area contributed by atoms with Crippen LogP contribution in [0, 0.1) is 6.92 Å². The number of nitrogens with one attached hydrogen (secondary N) is 1. The van der Waals surface area contributed by atoms with Gasteiger partial charge in [-0.1, -0.05) is 18.2 Å². The summed E-state index contributed by atoms with van der Waals surface area (Å²) >= 11 is 0. The van der Waals surface area contributed by atoms with Gasteiger partial charge < -0.3 is 14.6 Å². The second kappa shape index (κ2) is 8.36. The number of benzene rings is 1. The van der Waals surface area contributed by atoms with E-state index in [9.17, 15) is 14.4 Å². The van der Waals surface area contributed by atoms with Gasteiger partial charge in [-0.05, 0) is 38.0 Å². The minimum atomic E-state index is -0.496. The van der Waals surface area contributed by atoms with Crippen molar-refractivity contribution in [2.24, 2.45) is 0 Å². The molecule has 1 aliphatic heterocycles. The minimum Gasteiger partial charge on any atom is -0.472 e. The standard InChI is InChI=1S/C22H22N4O4/c1-15-13-19(27)20(24-26(15)18-5-3-2-4-6-18)21(28)23-17-7-10-25(11-8-17)22(29)16-9-12-30-14-16/h2-6,9,12-14,17H,7-8,10-11H2,1H3,(H,23,28). The molecule has 0 unspecified atom stereocenters. The van der Waals surface area contributed by atoms with Gasteiger partial charge in [-0.15, -0.1) is 0 Å². The molecule has 0 radical (unpaired) electrons. The number of carbonyl (C=O) groups is 2. The van der Waals surface area contributed by atoms with E-state index in [1.54, 1.807) is 22.6 Å². The van der Waals surface area contributed by atoms with Crippen LogP contribution >= 0.6 is 0 Å². The Bertz CT molecular complexity index is 1100. The molecular weight excluding hydrogens is 384 g/mol. The van der Waals surface area contributed by atoms with Crippen LogP contribution in [0.4, 0.5) is 0 Å². The van der Waals surface area contributed by atoms with Crippen molar-refractivity contribution in [3.05, 3.63) is 82.2 Å². The molecule has 3 aromatic rings. The highest BCUT2D eigenvalue weighted by Gasteiger charge is 2.26. The summed E-state index contributed by atoms with van der Waals surface area (Å²) in [6.07, 6.45) is 4.11. The lowest BCUT2D eigenvalue weighted by molar-refractivity contribution is 0.0697. The van der Waals surface area contributed by atoms with E-state index in [1.807, 2.05) is 30.3 Å². The molecule has 2 aromatic heterocycles. The number of para-hydroxylation sites is 1. The van der Waals surface area contributed by atoms with Gasteiger partial charge in [-0.25, -0.2) is 4.68 Å². The number of piperidine rings is 1. The van der Waals surface area contributed by atoms with Gasteiger partial charge in [0.1, 0.15) is 6.26 Å². The van der Waals surface area contributed by atoms with Crippen LogP contribution in [0.1, 0.15) is 39.4 Å². The average Bonchev–Trinajstić information content (AvgIpc) is 3.29. The SMILES string of the molecule is Cc1cc(=O)c(C(=O)NC2CCN(C(=O)c3ccoc3)CC2)nn1-c1ccccc1. The van der Waals surface area contributed by atoms with E-state index in [2.05, 4.69) is 10.4 Å². The summed E-state index contributed by atoms with van der Waals surface area (Å²) in [7, 11) is 0. The maximum atomic E-state index is 12.8.